The van der Waals surface area contributed by atoms with Crippen LogP contribution in [0.15, 0.2) is 30.5 Å². The molecule has 24 heavy (non-hydrogen) atoms. The zero-order valence-electron chi connectivity index (χ0n) is 14.3. The van der Waals surface area contributed by atoms with Gasteiger partial charge in [0, 0.05) is 36.6 Å². The lowest BCUT2D eigenvalue weighted by atomic mass is 10.1. The number of rotatable bonds is 10. The number of hydrogen-bond acceptors (Lipinski definition) is 2. The zero-order chi connectivity index (χ0) is 17.4. The van der Waals surface area contributed by atoms with Crippen molar-refractivity contribution in [1.82, 2.24) is 9.88 Å². The summed E-state index contributed by atoms with van der Waals surface area (Å²) in [5.74, 6) is -0.752. The first-order valence-electron chi connectivity index (χ1n) is 8.71. The van der Waals surface area contributed by atoms with Gasteiger partial charge < -0.3 is 15.0 Å². The number of carboxylic acid groups (broad SMARTS) is 1. The molecule has 0 fully saturated rings. The maximum atomic E-state index is 12.4. The highest BCUT2D eigenvalue weighted by Gasteiger charge is 2.13. The molecule has 0 saturated heterocycles. The van der Waals surface area contributed by atoms with Crippen molar-refractivity contribution in [3.8, 4) is 0 Å². The first-order valence-corrected chi connectivity index (χ1v) is 8.71. The summed E-state index contributed by atoms with van der Waals surface area (Å²) in [7, 11) is 0. The van der Waals surface area contributed by atoms with E-state index < -0.39 is 5.97 Å². The summed E-state index contributed by atoms with van der Waals surface area (Å²) < 4.78 is 2.09. The topological polar surface area (TPSA) is 71.3 Å². The average Bonchev–Trinajstić information content (AvgIpc) is 2.95. The van der Waals surface area contributed by atoms with Crippen LogP contribution in [0.1, 0.15) is 55.8 Å². The predicted octanol–water partition coefficient (Wildman–Crippen LogP) is 3.82. The zero-order valence-corrected chi connectivity index (χ0v) is 14.3. The summed E-state index contributed by atoms with van der Waals surface area (Å²) >= 11 is 0. The monoisotopic (exact) mass is 330 g/mol. The number of amides is 1. The van der Waals surface area contributed by atoms with E-state index in [4.69, 9.17) is 5.11 Å². The van der Waals surface area contributed by atoms with Crippen molar-refractivity contribution < 1.29 is 14.7 Å². The van der Waals surface area contributed by atoms with E-state index in [-0.39, 0.29) is 12.3 Å². The quantitative estimate of drug-likeness (QED) is 0.651. The van der Waals surface area contributed by atoms with Gasteiger partial charge in [0.25, 0.3) is 5.91 Å². The maximum absolute atomic E-state index is 12.4. The van der Waals surface area contributed by atoms with Crippen LogP contribution in [0.25, 0.3) is 10.9 Å². The molecule has 1 heterocycles. The van der Waals surface area contributed by atoms with E-state index in [1.54, 1.807) is 0 Å². The molecule has 0 spiro atoms. The van der Waals surface area contributed by atoms with Gasteiger partial charge in [0.1, 0.15) is 0 Å². The fourth-order valence-corrected chi connectivity index (χ4v) is 2.92. The van der Waals surface area contributed by atoms with Crippen LogP contribution in [0, 0.1) is 0 Å². The molecule has 5 heteroatoms. The Balaban J connectivity index is 1.76. The molecule has 2 N–H and O–H groups in total. The summed E-state index contributed by atoms with van der Waals surface area (Å²) in [4.78, 5) is 22.8. The van der Waals surface area contributed by atoms with E-state index in [0.29, 0.717) is 6.54 Å². The standard InChI is InChI=1S/C19H26N2O3/c1-2-21-14-16(15-10-7-8-11-17(15)21)19(24)20-13-9-5-3-4-6-12-18(22)23/h7-8,10-11,14H,2-6,9,12-13H2,1H3,(H,20,24)(H,22,23). The van der Waals surface area contributed by atoms with Gasteiger partial charge in [0.05, 0.1) is 5.56 Å². The van der Waals surface area contributed by atoms with Crippen molar-refractivity contribution in [3.05, 3.63) is 36.0 Å². The van der Waals surface area contributed by atoms with E-state index in [2.05, 4.69) is 16.8 Å². The van der Waals surface area contributed by atoms with Gasteiger partial charge in [0.2, 0.25) is 0 Å². The number of benzene rings is 1. The van der Waals surface area contributed by atoms with E-state index in [0.717, 1.165) is 55.1 Å². The van der Waals surface area contributed by atoms with Crippen molar-refractivity contribution in [2.75, 3.05) is 6.54 Å². The number of para-hydroxylation sites is 1. The minimum absolute atomic E-state index is 0.0238. The Labute approximate surface area is 142 Å². The maximum Gasteiger partial charge on any atom is 0.303 e. The van der Waals surface area contributed by atoms with Crippen molar-refractivity contribution in [3.63, 3.8) is 0 Å². The van der Waals surface area contributed by atoms with E-state index in [1.807, 2.05) is 30.5 Å². The smallest absolute Gasteiger partial charge is 0.303 e. The minimum Gasteiger partial charge on any atom is -0.481 e. The van der Waals surface area contributed by atoms with Crippen LogP contribution in [0.3, 0.4) is 0 Å². The second-order valence-electron chi connectivity index (χ2n) is 6.01. The third kappa shape index (κ3) is 4.85. The van der Waals surface area contributed by atoms with E-state index in [9.17, 15) is 9.59 Å². The molecule has 0 saturated carbocycles. The molecular weight excluding hydrogens is 304 g/mol. The summed E-state index contributed by atoms with van der Waals surface area (Å²) in [5.41, 5.74) is 1.82. The predicted molar refractivity (Wildman–Crippen MR) is 95.3 cm³/mol. The van der Waals surface area contributed by atoms with Gasteiger partial charge in [-0.05, 0) is 25.8 Å². The highest BCUT2D eigenvalue weighted by Crippen LogP contribution is 2.21. The van der Waals surface area contributed by atoms with Crippen LogP contribution in [-0.2, 0) is 11.3 Å². The number of carbonyl (C=O) groups is 2. The second kappa shape index (κ2) is 9.11. The van der Waals surface area contributed by atoms with Gasteiger partial charge >= 0.3 is 5.97 Å². The average molecular weight is 330 g/mol. The number of nitrogens with zero attached hydrogens (tertiary/aromatic N) is 1. The Hall–Kier alpha value is -2.30. The first-order chi connectivity index (χ1) is 11.6. The number of carbonyl (C=O) groups excluding carboxylic acids is 1. The van der Waals surface area contributed by atoms with Gasteiger partial charge in [-0.25, -0.2) is 0 Å². The molecule has 0 unspecified atom stereocenters. The molecule has 0 aliphatic rings. The van der Waals surface area contributed by atoms with Crippen molar-refractivity contribution >= 4 is 22.8 Å². The van der Waals surface area contributed by atoms with E-state index >= 15 is 0 Å². The Morgan fingerprint density at radius 2 is 1.79 bits per heavy atom. The number of fused-ring (bicyclic) bond motifs is 1. The molecule has 0 aliphatic heterocycles. The van der Waals surface area contributed by atoms with Crippen LogP contribution in [0.4, 0.5) is 0 Å². The number of aromatic nitrogens is 1. The van der Waals surface area contributed by atoms with Crippen LogP contribution >= 0.6 is 0 Å². The number of aryl methyl sites for hydroxylation is 1. The third-order valence-corrected chi connectivity index (χ3v) is 4.23. The Kier molecular flexibility index (Phi) is 6.85. The molecule has 2 aromatic rings. The van der Waals surface area contributed by atoms with Crippen molar-refractivity contribution in [2.24, 2.45) is 0 Å². The molecule has 130 valence electrons. The molecule has 1 amide bonds. The summed E-state index contributed by atoms with van der Waals surface area (Å²) in [5, 5.41) is 12.6. The molecule has 0 bridgehead atoms. The fourth-order valence-electron chi connectivity index (χ4n) is 2.92. The van der Waals surface area contributed by atoms with E-state index in [1.165, 1.54) is 0 Å². The number of nitrogens with one attached hydrogen (secondary N) is 1. The van der Waals surface area contributed by atoms with Gasteiger partial charge in [-0.15, -0.1) is 0 Å². The number of hydrogen-bond donors (Lipinski definition) is 2. The lowest BCUT2D eigenvalue weighted by Crippen LogP contribution is -2.24. The van der Waals surface area contributed by atoms with Gasteiger partial charge in [-0.1, -0.05) is 37.5 Å². The SMILES string of the molecule is CCn1cc(C(=O)NCCCCCCCC(=O)O)c2ccccc21. The highest BCUT2D eigenvalue weighted by atomic mass is 16.4. The summed E-state index contributed by atoms with van der Waals surface area (Å²) in [6, 6.07) is 7.96. The summed E-state index contributed by atoms with van der Waals surface area (Å²) in [6.45, 7) is 3.56. The first kappa shape index (κ1) is 18.0. The molecule has 0 atom stereocenters. The molecule has 0 aliphatic carbocycles. The van der Waals surface area contributed by atoms with Crippen LogP contribution in [0.5, 0.6) is 0 Å². The Bertz CT molecular complexity index is 691. The molecule has 2 rings (SSSR count). The molecule has 0 radical (unpaired) electrons. The van der Waals surface area contributed by atoms with Crippen molar-refractivity contribution in [1.29, 1.82) is 0 Å². The number of carboxylic acids is 1. The van der Waals surface area contributed by atoms with Crippen LogP contribution < -0.4 is 5.32 Å². The Morgan fingerprint density at radius 1 is 1.08 bits per heavy atom. The van der Waals surface area contributed by atoms with Crippen molar-refractivity contribution in [2.45, 2.75) is 52.0 Å². The summed E-state index contributed by atoms with van der Waals surface area (Å²) in [6.07, 6.45) is 6.78. The minimum atomic E-state index is -0.728. The number of aliphatic carboxylic acids is 1. The van der Waals surface area contributed by atoms with Gasteiger partial charge in [-0.2, -0.15) is 0 Å². The lowest BCUT2D eigenvalue weighted by molar-refractivity contribution is -0.137. The second-order valence-corrected chi connectivity index (χ2v) is 6.01. The fraction of sp³-hybridized carbons (Fsp3) is 0.474. The number of unbranched alkanes of at least 4 members (excludes halogenated alkanes) is 4. The molecule has 5 nitrogen and oxygen atoms in total. The largest absolute Gasteiger partial charge is 0.481 e. The normalized spacial score (nSPS) is 10.9. The van der Waals surface area contributed by atoms with Crippen LogP contribution in [0.2, 0.25) is 0 Å². The van der Waals surface area contributed by atoms with Gasteiger partial charge in [0.15, 0.2) is 0 Å². The molecule has 1 aromatic heterocycles. The Morgan fingerprint density at radius 3 is 2.54 bits per heavy atom. The highest BCUT2D eigenvalue weighted by molar-refractivity contribution is 6.06. The molecule has 1 aromatic carbocycles. The molecular formula is C19H26N2O3. The lowest BCUT2D eigenvalue weighted by Gasteiger charge is -2.04. The van der Waals surface area contributed by atoms with Gasteiger partial charge in [-0.3, -0.25) is 9.59 Å². The third-order valence-electron chi connectivity index (χ3n) is 4.23. The van der Waals surface area contributed by atoms with Crippen LogP contribution in [-0.4, -0.2) is 28.1 Å².